The number of nitrogens with zero attached hydrogens (tertiary/aromatic N) is 1. The molecule has 0 atom stereocenters. The largest absolute Gasteiger partial charge is 0.357 e. The van der Waals surface area contributed by atoms with Gasteiger partial charge >= 0.3 is 0 Å². The van der Waals surface area contributed by atoms with Crippen molar-refractivity contribution in [2.24, 2.45) is 0 Å². The van der Waals surface area contributed by atoms with Gasteiger partial charge in [0.2, 0.25) is 9.05 Å². The van der Waals surface area contributed by atoms with Gasteiger partial charge in [0.05, 0.1) is 23.0 Å². The van der Waals surface area contributed by atoms with Gasteiger partial charge < -0.3 is 4.98 Å². The molecule has 0 saturated heterocycles. The maximum Gasteiger partial charge on any atom is 0.232 e. The lowest BCUT2D eigenvalue weighted by molar-refractivity contribution is 0.608. The molecule has 1 N–H and O–H groups in total. The Morgan fingerprint density at radius 1 is 1.44 bits per heavy atom. The van der Waals surface area contributed by atoms with E-state index < -0.39 is 14.9 Å². The third-order valence-corrected chi connectivity index (χ3v) is 3.26. The standard InChI is InChI=1S/C9H8ClFN2O2S/c10-16(14,15)2-1-7-4-8-9(13-7)3-6(11)5-12-8/h3-5,13H,1-2H2. The molecule has 2 rings (SSSR count). The van der Waals surface area contributed by atoms with E-state index >= 15 is 0 Å². The van der Waals surface area contributed by atoms with Crippen molar-refractivity contribution in [3.8, 4) is 0 Å². The van der Waals surface area contributed by atoms with Crippen LogP contribution in [0.5, 0.6) is 0 Å². The Kier molecular flexibility index (Phi) is 2.86. The molecule has 0 radical (unpaired) electrons. The predicted molar refractivity (Wildman–Crippen MR) is 59.4 cm³/mol. The Labute approximate surface area is 95.9 Å². The highest BCUT2D eigenvalue weighted by Gasteiger charge is 2.08. The second kappa shape index (κ2) is 4.03. The third-order valence-electron chi connectivity index (χ3n) is 2.11. The van der Waals surface area contributed by atoms with Gasteiger partial charge in [0.1, 0.15) is 5.82 Å². The Hall–Kier alpha value is -1.14. The molecule has 16 heavy (non-hydrogen) atoms. The summed E-state index contributed by atoms with van der Waals surface area (Å²) in [6.45, 7) is 0. The first-order valence-electron chi connectivity index (χ1n) is 4.49. The van der Waals surface area contributed by atoms with Gasteiger partial charge in [0, 0.05) is 28.9 Å². The zero-order valence-corrected chi connectivity index (χ0v) is 9.65. The highest BCUT2D eigenvalue weighted by molar-refractivity contribution is 8.13. The van der Waals surface area contributed by atoms with Gasteiger partial charge in [-0.15, -0.1) is 0 Å². The number of rotatable bonds is 3. The number of hydrogen-bond acceptors (Lipinski definition) is 3. The van der Waals surface area contributed by atoms with Crippen LogP contribution in [-0.4, -0.2) is 24.1 Å². The molecular formula is C9H8ClFN2O2S. The van der Waals surface area contributed by atoms with E-state index in [9.17, 15) is 12.8 Å². The van der Waals surface area contributed by atoms with Crippen molar-refractivity contribution in [3.05, 3.63) is 29.8 Å². The third kappa shape index (κ3) is 2.70. The number of halogens is 2. The van der Waals surface area contributed by atoms with E-state index in [0.717, 1.165) is 6.20 Å². The van der Waals surface area contributed by atoms with E-state index in [0.29, 0.717) is 16.7 Å². The fourth-order valence-electron chi connectivity index (χ4n) is 1.41. The van der Waals surface area contributed by atoms with Crippen LogP contribution in [-0.2, 0) is 15.5 Å². The zero-order valence-electron chi connectivity index (χ0n) is 8.07. The predicted octanol–water partition coefficient (Wildman–Crippen LogP) is 1.81. The van der Waals surface area contributed by atoms with Crippen LogP contribution in [0.25, 0.3) is 11.0 Å². The Balaban J connectivity index is 2.26. The summed E-state index contributed by atoms with van der Waals surface area (Å²) >= 11 is 0. The molecule has 4 nitrogen and oxygen atoms in total. The van der Waals surface area contributed by atoms with Crippen molar-refractivity contribution in [2.45, 2.75) is 6.42 Å². The van der Waals surface area contributed by atoms with Crippen LogP contribution in [0.1, 0.15) is 5.69 Å². The number of nitrogens with one attached hydrogen (secondary N) is 1. The first kappa shape index (κ1) is 11.3. The second-order valence-electron chi connectivity index (χ2n) is 3.37. The lowest BCUT2D eigenvalue weighted by Crippen LogP contribution is -2.00. The zero-order chi connectivity index (χ0) is 11.8. The fourth-order valence-corrected chi connectivity index (χ4v) is 2.10. The van der Waals surface area contributed by atoms with Gasteiger partial charge in [-0.2, -0.15) is 0 Å². The lowest BCUT2D eigenvalue weighted by atomic mass is 10.3. The molecule has 0 spiro atoms. The van der Waals surface area contributed by atoms with E-state index in [4.69, 9.17) is 10.7 Å². The molecule has 2 aromatic heterocycles. The fraction of sp³-hybridized carbons (Fsp3) is 0.222. The molecule has 7 heteroatoms. The monoisotopic (exact) mass is 262 g/mol. The molecule has 0 aromatic carbocycles. The molecular weight excluding hydrogens is 255 g/mol. The van der Waals surface area contributed by atoms with E-state index in [1.165, 1.54) is 6.07 Å². The molecule has 0 unspecified atom stereocenters. The first-order valence-corrected chi connectivity index (χ1v) is 6.97. The molecule has 2 aromatic rings. The number of hydrogen-bond donors (Lipinski definition) is 1. The minimum Gasteiger partial charge on any atom is -0.357 e. The quantitative estimate of drug-likeness (QED) is 0.858. The molecule has 0 amide bonds. The Bertz CT molecular complexity index is 623. The number of aromatic nitrogens is 2. The molecule has 0 aliphatic heterocycles. The van der Waals surface area contributed by atoms with Crippen LogP contribution in [0.15, 0.2) is 18.3 Å². The van der Waals surface area contributed by atoms with E-state index in [1.807, 2.05) is 0 Å². The number of aromatic amines is 1. The summed E-state index contributed by atoms with van der Waals surface area (Å²) in [7, 11) is 1.58. The molecule has 0 saturated carbocycles. The van der Waals surface area contributed by atoms with E-state index in [-0.39, 0.29) is 12.2 Å². The van der Waals surface area contributed by atoms with Gasteiger partial charge in [0.15, 0.2) is 0 Å². The topological polar surface area (TPSA) is 62.8 Å². The normalized spacial score (nSPS) is 12.1. The maximum atomic E-state index is 12.8. The SMILES string of the molecule is O=S(=O)(Cl)CCc1cc2ncc(F)cc2[nH]1. The molecule has 2 heterocycles. The van der Waals surface area contributed by atoms with Crippen molar-refractivity contribution in [3.63, 3.8) is 0 Å². The summed E-state index contributed by atoms with van der Waals surface area (Å²) in [5.41, 5.74) is 1.81. The van der Waals surface area contributed by atoms with Crippen LogP contribution in [0, 0.1) is 5.82 Å². The van der Waals surface area contributed by atoms with Crippen LogP contribution in [0.3, 0.4) is 0 Å². The molecule has 0 fully saturated rings. The Morgan fingerprint density at radius 3 is 2.88 bits per heavy atom. The highest BCUT2D eigenvalue weighted by atomic mass is 35.7. The Morgan fingerprint density at radius 2 is 2.19 bits per heavy atom. The van der Waals surface area contributed by atoms with Gasteiger partial charge in [-0.25, -0.2) is 12.8 Å². The lowest BCUT2D eigenvalue weighted by Gasteiger charge is -1.93. The summed E-state index contributed by atoms with van der Waals surface area (Å²) < 4.78 is 34.3. The number of H-pyrrole nitrogens is 1. The molecule has 0 bridgehead atoms. The molecule has 86 valence electrons. The van der Waals surface area contributed by atoms with Crippen molar-refractivity contribution in [1.29, 1.82) is 0 Å². The van der Waals surface area contributed by atoms with Gasteiger partial charge in [-0.3, -0.25) is 4.98 Å². The minimum atomic E-state index is -3.51. The average Bonchev–Trinajstić information content (AvgIpc) is 2.55. The summed E-state index contributed by atoms with van der Waals surface area (Å²) in [6.07, 6.45) is 1.36. The summed E-state index contributed by atoms with van der Waals surface area (Å²) in [4.78, 5) is 6.74. The van der Waals surface area contributed by atoms with Crippen molar-refractivity contribution >= 4 is 30.8 Å². The number of pyridine rings is 1. The maximum absolute atomic E-state index is 12.8. The van der Waals surface area contributed by atoms with Crippen molar-refractivity contribution < 1.29 is 12.8 Å². The average molecular weight is 263 g/mol. The van der Waals surface area contributed by atoms with Crippen LogP contribution < -0.4 is 0 Å². The summed E-state index contributed by atoms with van der Waals surface area (Å²) in [5, 5.41) is 0. The molecule has 0 aliphatic carbocycles. The number of fused-ring (bicyclic) bond motifs is 1. The van der Waals surface area contributed by atoms with Gasteiger partial charge in [-0.05, 0) is 6.07 Å². The van der Waals surface area contributed by atoms with Crippen LogP contribution in [0.4, 0.5) is 4.39 Å². The first-order chi connectivity index (χ1) is 7.44. The summed E-state index contributed by atoms with van der Waals surface area (Å²) in [6, 6.07) is 2.98. The molecule has 0 aliphatic rings. The van der Waals surface area contributed by atoms with Gasteiger partial charge in [0.25, 0.3) is 0 Å². The van der Waals surface area contributed by atoms with E-state index in [1.54, 1.807) is 6.07 Å². The second-order valence-corrected chi connectivity index (χ2v) is 6.27. The van der Waals surface area contributed by atoms with Crippen molar-refractivity contribution in [2.75, 3.05) is 5.75 Å². The number of aryl methyl sites for hydroxylation is 1. The highest BCUT2D eigenvalue weighted by Crippen LogP contribution is 2.15. The van der Waals surface area contributed by atoms with Crippen LogP contribution >= 0.6 is 10.7 Å². The summed E-state index contributed by atoms with van der Waals surface area (Å²) in [5.74, 6) is -0.602. The smallest absolute Gasteiger partial charge is 0.232 e. The van der Waals surface area contributed by atoms with Gasteiger partial charge in [-0.1, -0.05) is 0 Å². The van der Waals surface area contributed by atoms with Crippen molar-refractivity contribution in [1.82, 2.24) is 9.97 Å². The minimum absolute atomic E-state index is 0.163. The van der Waals surface area contributed by atoms with Crippen LogP contribution in [0.2, 0.25) is 0 Å². The van der Waals surface area contributed by atoms with E-state index in [2.05, 4.69) is 9.97 Å².